The lowest BCUT2D eigenvalue weighted by Gasteiger charge is -2.11. The van der Waals surface area contributed by atoms with Gasteiger partial charge in [-0.25, -0.2) is 9.18 Å². The Bertz CT molecular complexity index is 635. The van der Waals surface area contributed by atoms with Gasteiger partial charge in [-0.15, -0.1) is 0 Å². The Morgan fingerprint density at radius 3 is 2.53 bits per heavy atom. The van der Waals surface area contributed by atoms with E-state index in [0.29, 0.717) is 5.75 Å². The molecule has 0 fully saturated rings. The van der Waals surface area contributed by atoms with Gasteiger partial charge in [-0.05, 0) is 37.6 Å². The summed E-state index contributed by atoms with van der Waals surface area (Å²) >= 11 is 0. The van der Waals surface area contributed by atoms with Gasteiger partial charge in [-0.3, -0.25) is 0 Å². The van der Waals surface area contributed by atoms with Crippen molar-refractivity contribution < 1.29 is 19.0 Å². The molecule has 2 aromatic carbocycles. The number of benzene rings is 2. The summed E-state index contributed by atoms with van der Waals surface area (Å²) in [6, 6.07) is 9.45. The van der Waals surface area contributed by atoms with E-state index >= 15 is 0 Å². The van der Waals surface area contributed by atoms with Gasteiger partial charge in [0.2, 0.25) is 0 Å². The Labute approximate surface area is 110 Å². The third-order valence-electron chi connectivity index (χ3n) is 2.74. The molecule has 1 N–H and O–H groups in total. The molecule has 3 nitrogen and oxygen atoms in total. The monoisotopic (exact) mass is 260 g/mol. The van der Waals surface area contributed by atoms with Gasteiger partial charge in [0.25, 0.3) is 0 Å². The van der Waals surface area contributed by atoms with Gasteiger partial charge in [0, 0.05) is 0 Å². The molecule has 19 heavy (non-hydrogen) atoms. The van der Waals surface area contributed by atoms with Crippen LogP contribution in [0, 0.1) is 19.7 Å². The lowest BCUT2D eigenvalue weighted by atomic mass is 10.1. The second-order valence-corrected chi connectivity index (χ2v) is 4.29. The zero-order valence-electron chi connectivity index (χ0n) is 10.6. The molecule has 2 rings (SSSR count). The number of aryl methyl sites for hydroxylation is 2. The molecule has 0 radical (unpaired) electrons. The van der Waals surface area contributed by atoms with Gasteiger partial charge in [0.1, 0.15) is 22.9 Å². The number of carboxylic acids is 1. The van der Waals surface area contributed by atoms with Gasteiger partial charge in [-0.1, -0.05) is 23.8 Å². The third-order valence-corrected chi connectivity index (χ3v) is 2.74. The Balaban J connectivity index is 2.44. The summed E-state index contributed by atoms with van der Waals surface area (Å²) < 4.78 is 19.0. The molecule has 0 unspecified atom stereocenters. The number of halogens is 1. The number of ether oxygens (including phenoxy) is 1. The highest BCUT2D eigenvalue weighted by Gasteiger charge is 2.17. The lowest BCUT2D eigenvalue weighted by Crippen LogP contribution is -2.03. The third kappa shape index (κ3) is 2.73. The maximum Gasteiger partial charge on any atom is 0.342 e. The fourth-order valence-electron chi connectivity index (χ4n) is 1.83. The molecule has 2 aromatic rings. The van der Waals surface area contributed by atoms with E-state index in [-0.39, 0.29) is 5.75 Å². The quantitative estimate of drug-likeness (QED) is 0.909. The molecule has 0 aliphatic carbocycles. The largest absolute Gasteiger partial charge is 0.477 e. The molecule has 0 aromatic heterocycles. The second-order valence-electron chi connectivity index (χ2n) is 4.29. The normalized spacial score (nSPS) is 10.3. The van der Waals surface area contributed by atoms with Crippen molar-refractivity contribution >= 4 is 5.97 Å². The standard InChI is InChI=1S/C15H13FO3/c1-9-6-7-12(10(2)8-9)19-13-5-3-4-11(16)14(13)15(17)18/h3-8H,1-2H3,(H,17,18). The predicted octanol–water partition coefficient (Wildman–Crippen LogP) is 3.93. The van der Waals surface area contributed by atoms with Crippen molar-refractivity contribution in [2.24, 2.45) is 0 Å². The predicted molar refractivity (Wildman–Crippen MR) is 69.3 cm³/mol. The van der Waals surface area contributed by atoms with Crippen molar-refractivity contribution in [1.29, 1.82) is 0 Å². The highest BCUT2D eigenvalue weighted by atomic mass is 19.1. The summed E-state index contributed by atoms with van der Waals surface area (Å²) in [5, 5.41) is 9.02. The van der Waals surface area contributed by atoms with Crippen molar-refractivity contribution in [1.82, 2.24) is 0 Å². The summed E-state index contributed by atoms with van der Waals surface area (Å²) in [5.74, 6) is -1.65. The Kier molecular flexibility index (Phi) is 3.51. The molecule has 0 aliphatic heterocycles. The van der Waals surface area contributed by atoms with E-state index in [0.717, 1.165) is 17.2 Å². The molecular weight excluding hydrogens is 247 g/mol. The zero-order chi connectivity index (χ0) is 14.0. The highest BCUT2D eigenvalue weighted by molar-refractivity contribution is 5.91. The number of hydrogen-bond donors (Lipinski definition) is 1. The summed E-state index contributed by atoms with van der Waals surface area (Å²) in [5.41, 5.74) is 1.48. The minimum atomic E-state index is -1.35. The van der Waals surface area contributed by atoms with Crippen molar-refractivity contribution in [3.63, 3.8) is 0 Å². The first-order chi connectivity index (χ1) is 8.99. The van der Waals surface area contributed by atoms with Crippen molar-refractivity contribution in [2.45, 2.75) is 13.8 Å². The van der Waals surface area contributed by atoms with Crippen LogP contribution >= 0.6 is 0 Å². The molecule has 0 spiro atoms. The Morgan fingerprint density at radius 1 is 1.16 bits per heavy atom. The molecule has 0 bridgehead atoms. The first-order valence-electron chi connectivity index (χ1n) is 5.76. The Morgan fingerprint density at radius 2 is 1.89 bits per heavy atom. The molecular formula is C15H13FO3. The van der Waals surface area contributed by atoms with E-state index in [1.54, 1.807) is 6.07 Å². The maximum atomic E-state index is 13.5. The highest BCUT2D eigenvalue weighted by Crippen LogP contribution is 2.29. The van der Waals surface area contributed by atoms with E-state index in [1.165, 1.54) is 12.1 Å². The van der Waals surface area contributed by atoms with E-state index < -0.39 is 17.3 Å². The second kappa shape index (κ2) is 5.10. The first-order valence-corrected chi connectivity index (χ1v) is 5.76. The van der Waals surface area contributed by atoms with Crippen molar-refractivity contribution in [3.8, 4) is 11.5 Å². The van der Waals surface area contributed by atoms with Crippen molar-refractivity contribution in [3.05, 3.63) is 58.9 Å². The van der Waals surface area contributed by atoms with E-state index in [2.05, 4.69) is 0 Å². The molecule has 0 saturated heterocycles. The zero-order valence-corrected chi connectivity index (χ0v) is 10.6. The maximum absolute atomic E-state index is 13.5. The van der Waals surface area contributed by atoms with E-state index in [1.807, 2.05) is 26.0 Å². The van der Waals surface area contributed by atoms with Gasteiger partial charge in [-0.2, -0.15) is 0 Å². The average Bonchev–Trinajstić information content (AvgIpc) is 2.32. The van der Waals surface area contributed by atoms with Crippen LogP contribution in [0.3, 0.4) is 0 Å². The van der Waals surface area contributed by atoms with Crippen LogP contribution in [-0.2, 0) is 0 Å². The molecule has 4 heteroatoms. The minimum Gasteiger partial charge on any atom is -0.477 e. The Hall–Kier alpha value is -2.36. The lowest BCUT2D eigenvalue weighted by molar-refractivity contribution is 0.0689. The van der Waals surface area contributed by atoms with Crippen molar-refractivity contribution in [2.75, 3.05) is 0 Å². The van der Waals surface area contributed by atoms with E-state index in [9.17, 15) is 9.18 Å². The van der Waals surface area contributed by atoms with Gasteiger partial charge in [0.05, 0.1) is 0 Å². The molecule has 0 heterocycles. The first kappa shape index (κ1) is 13.1. The molecule has 0 amide bonds. The number of hydrogen-bond acceptors (Lipinski definition) is 2. The van der Waals surface area contributed by atoms with E-state index in [4.69, 9.17) is 9.84 Å². The number of carboxylic acid groups (broad SMARTS) is 1. The van der Waals surface area contributed by atoms with Crippen LogP contribution in [0.15, 0.2) is 36.4 Å². The van der Waals surface area contributed by atoms with Crippen LogP contribution < -0.4 is 4.74 Å². The smallest absolute Gasteiger partial charge is 0.342 e. The SMILES string of the molecule is Cc1ccc(Oc2cccc(F)c2C(=O)O)c(C)c1. The van der Waals surface area contributed by atoms with Crippen LogP contribution in [0.1, 0.15) is 21.5 Å². The molecule has 98 valence electrons. The summed E-state index contributed by atoms with van der Waals surface area (Å²) in [4.78, 5) is 11.1. The van der Waals surface area contributed by atoms with Gasteiger partial charge < -0.3 is 9.84 Å². The van der Waals surface area contributed by atoms with Crippen LogP contribution in [0.2, 0.25) is 0 Å². The average molecular weight is 260 g/mol. The number of aromatic carboxylic acids is 1. The number of rotatable bonds is 3. The molecule has 0 atom stereocenters. The molecule has 0 saturated carbocycles. The summed E-state index contributed by atoms with van der Waals surface area (Å²) in [6.45, 7) is 3.80. The fraction of sp³-hybridized carbons (Fsp3) is 0.133. The summed E-state index contributed by atoms with van der Waals surface area (Å²) in [7, 11) is 0. The topological polar surface area (TPSA) is 46.5 Å². The van der Waals surface area contributed by atoms with Crippen LogP contribution in [0.5, 0.6) is 11.5 Å². The molecule has 0 aliphatic rings. The minimum absolute atomic E-state index is 0.000506. The van der Waals surface area contributed by atoms with Crippen LogP contribution in [0.25, 0.3) is 0 Å². The van der Waals surface area contributed by atoms with Crippen LogP contribution in [0.4, 0.5) is 4.39 Å². The van der Waals surface area contributed by atoms with Gasteiger partial charge in [0.15, 0.2) is 0 Å². The van der Waals surface area contributed by atoms with Crippen LogP contribution in [-0.4, -0.2) is 11.1 Å². The summed E-state index contributed by atoms with van der Waals surface area (Å²) in [6.07, 6.45) is 0. The fourth-order valence-corrected chi connectivity index (χ4v) is 1.83. The van der Waals surface area contributed by atoms with Gasteiger partial charge >= 0.3 is 5.97 Å². The number of carbonyl (C=O) groups is 1.